The molecule has 2 aromatic heterocycles. The summed E-state index contributed by atoms with van der Waals surface area (Å²) in [4.78, 5) is 10.7. The summed E-state index contributed by atoms with van der Waals surface area (Å²) < 4.78 is 14.0. The molecular weight excluding hydrogens is 343 g/mol. The molecule has 1 saturated heterocycles. The van der Waals surface area contributed by atoms with E-state index in [9.17, 15) is 4.39 Å². The molecule has 7 heteroatoms. The fourth-order valence-corrected chi connectivity index (χ4v) is 4.05. The Morgan fingerprint density at radius 2 is 2.11 bits per heavy atom. The van der Waals surface area contributed by atoms with Crippen molar-refractivity contribution in [2.75, 3.05) is 12.3 Å². The fraction of sp³-hybridized carbons (Fsp3) is 0.450. The maximum atomic E-state index is 14.0. The molecule has 6 nitrogen and oxygen atoms in total. The predicted molar refractivity (Wildman–Crippen MR) is 103 cm³/mol. The Bertz CT molecular complexity index is 868. The highest BCUT2D eigenvalue weighted by atomic mass is 19.1. The van der Waals surface area contributed by atoms with E-state index in [0.717, 1.165) is 49.0 Å². The first-order valence-electron chi connectivity index (χ1n) is 9.50. The minimum absolute atomic E-state index is 0.0530. The summed E-state index contributed by atoms with van der Waals surface area (Å²) in [5.41, 5.74) is 9.56. The molecule has 4 heterocycles. The van der Waals surface area contributed by atoms with Crippen molar-refractivity contribution in [1.29, 1.82) is 5.41 Å². The second-order valence-electron chi connectivity index (χ2n) is 7.49. The molecule has 142 valence electrons. The molecule has 4 rings (SSSR count). The number of halogens is 1. The van der Waals surface area contributed by atoms with Gasteiger partial charge in [-0.2, -0.15) is 0 Å². The lowest BCUT2D eigenvalue weighted by Crippen LogP contribution is -2.32. The Hall–Kier alpha value is -2.54. The van der Waals surface area contributed by atoms with Crippen LogP contribution in [0.2, 0.25) is 0 Å². The topological polar surface area (TPSA) is 90.9 Å². The van der Waals surface area contributed by atoms with Crippen molar-refractivity contribution in [3.8, 4) is 0 Å². The zero-order valence-corrected chi connectivity index (χ0v) is 15.5. The monoisotopic (exact) mass is 368 g/mol. The summed E-state index contributed by atoms with van der Waals surface area (Å²) in [6, 6.07) is 3.77. The zero-order valence-electron chi connectivity index (χ0n) is 15.5. The molecule has 27 heavy (non-hydrogen) atoms. The van der Waals surface area contributed by atoms with Crippen molar-refractivity contribution in [1.82, 2.24) is 20.2 Å². The molecule has 0 amide bonds. The van der Waals surface area contributed by atoms with Gasteiger partial charge in [0, 0.05) is 31.0 Å². The normalized spacial score (nSPS) is 23.0. The Balaban J connectivity index is 1.81. The molecule has 2 aliphatic heterocycles. The average molecular weight is 368 g/mol. The molecule has 2 aromatic rings. The molecule has 1 fully saturated rings. The number of pyridine rings is 2. The molecular formula is C20H25FN6. The fourth-order valence-electron chi connectivity index (χ4n) is 4.05. The maximum absolute atomic E-state index is 14.0. The number of hydrogen-bond acceptors (Lipinski definition) is 5. The first-order valence-corrected chi connectivity index (χ1v) is 9.50. The van der Waals surface area contributed by atoms with Crippen molar-refractivity contribution in [3.63, 3.8) is 0 Å². The molecule has 0 radical (unpaired) electrons. The van der Waals surface area contributed by atoms with E-state index >= 15 is 0 Å². The summed E-state index contributed by atoms with van der Waals surface area (Å²) in [5, 5.41) is 12.3. The van der Waals surface area contributed by atoms with Crippen molar-refractivity contribution >= 4 is 11.7 Å². The van der Waals surface area contributed by atoms with Crippen LogP contribution in [0.1, 0.15) is 54.6 Å². The standard InChI is InChI=1S/C20H25FN6/c1-12-4-5-17-15(8-14(21)11-25-17)18-3-2-6-27(18)20(23)16-7-13(9-24-12)10-26-19(16)22/h7-8,10-12,18,23-24H,2-6,9H2,1H3,(H2,22,26)/t12-,18-/m1/s1. The van der Waals surface area contributed by atoms with Gasteiger partial charge in [-0.25, -0.2) is 9.37 Å². The van der Waals surface area contributed by atoms with Crippen LogP contribution in [0.4, 0.5) is 10.2 Å². The van der Waals surface area contributed by atoms with Gasteiger partial charge in [-0.05, 0) is 55.9 Å². The summed E-state index contributed by atoms with van der Waals surface area (Å²) in [6.45, 7) is 3.55. The minimum atomic E-state index is -0.328. The predicted octanol–water partition coefficient (Wildman–Crippen LogP) is 2.78. The number of anilines is 1. The maximum Gasteiger partial charge on any atom is 0.141 e. The van der Waals surface area contributed by atoms with E-state index in [2.05, 4.69) is 22.2 Å². The third-order valence-corrected chi connectivity index (χ3v) is 5.57. The van der Waals surface area contributed by atoms with Crippen LogP contribution in [0.3, 0.4) is 0 Å². The average Bonchev–Trinajstić information content (AvgIpc) is 3.14. The van der Waals surface area contributed by atoms with Gasteiger partial charge in [0.2, 0.25) is 0 Å². The van der Waals surface area contributed by atoms with Gasteiger partial charge in [0.25, 0.3) is 0 Å². The second kappa shape index (κ2) is 7.23. The first-order chi connectivity index (χ1) is 13.0. The second-order valence-corrected chi connectivity index (χ2v) is 7.49. The number of nitrogens with zero attached hydrogens (tertiary/aromatic N) is 3. The van der Waals surface area contributed by atoms with Gasteiger partial charge in [-0.15, -0.1) is 0 Å². The summed E-state index contributed by atoms with van der Waals surface area (Å²) in [5.74, 6) is 0.382. The highest BCUT2D eigenvalue weighted by molar-refractivity contribution is 6.00. The lowest BCUT2D eigenvalue weighted by Gasteiger charge is -2.29. The van der Waals surface area contributed by atoms with Gasteiger partial charge < -0.3 is 16.0 Å². The van der Waals surface area contributed by atoms with Gasteiger partial charge in [0.15, 0.2) is 0 Å². The van der Waals surface area contributed by atoms with Crippen molar-refractivity contribution < 1.29 is 4.39 Å². The Labute approximate surface area is 158 Å². The Kier molecular flexibility index (Phi) is 4.78. The summed E-state index contributed by atoms with van der Waals surface area (Å²) in [7, 11) is 0. The number of amidine groups is 1. The molecule has 0 spiro atoms. The molecule has 0 aromatic carbocycles. The molecule has 2 atom stereocenters. The van der Waals surface area contributed by atoms with Crippen LogP contribution < -0.4 is 11.1 Å². The van der Waals surface area contributed by atoms with Crippen LogP contribution in [0.25, 0.3) is 0 Å². The smallest absolute Gasteiger partial charge is 0.141 e. The molecule has 0 saturated carbocycles. The number of aryl methyl sites for hydroxylation is 1. The molecule has 2 aliphatic rings. The molecule has 0 aliphatic carbocycles. The highest BCUT2D eigenvalue weighted by Gasteiger charge is 2.32. The van der Waals surface area contributed by atoms with E-state index < -0.39 is 0 Å². The lowest BCUT2D eigenvalue weighted by molar-refractivity contribution is 0.392. The van der Waals surface area contributed by atoms with Crippen molar-refractivity contribution in [3.05, 3.63) is 52.7 Å². The van der Waals surface area contributed by atoms with Crippen LogP contribution in [0, 0.1) is 11.2 Å². The van der Waals surface area contributed by atoms with Gasteiger partial charge in [-0.1, -0.05) is 0 Å². The largest absolute Gasteiger partial charge is 0.383 e. The number of hydrogen-bond donors (Lipinski definition) is 3. The third kappa shape index (κ3) is 3.51. The van der Waals surface area contributed by atoms with Crippen LogP contribution in [-0.4, -0.2) is 33.3 Å². The van der Waals surface area contributed by atoms with Crippen LogP contribution in [-0.2, 0) is 13.0 Å². The van der Waals surface area contributed by atoms with Gasteiger partial charge >= 0.3 is 0 Å². The first kappa shape index (κ1) is 17.9. The lowest BCUT2D eigenvalue weighted by atomic mass is 9.98. The van der Waals surface area contributed by atoms with Crippen molar-refractivity contribution in [2.24, 2.45) is 0 Å². The quantitative estimate of drug-likeness (QED) is 0.665. The summed E-state index contributed by atoms with van der Waals surface area (Å²) >= 11 is 0. The molecule has 2 bridgehead atoms. The van der Waals surface area contributed by atoms with Crippen LogP contribution in [0.15, 0.2) is 24.5 Å². The van der Waals surface area contributed by atoms with Gasteiger partial charge in [0.05, 0.1) is 17.8 Å². The van der Waals surface area contributed by atoms with E-state index in [-0.39, 0.29) is 17.9 Å². The van der Waals surface area contributed by atoms with Crippen molar-refractivity contribution in [2.45, 2.75) is 51.2 Å². The van der Waals surface area contributed by atoms with Gasteiger partial charge in [0.1, 0.15) is 17.5 Å². The number of nitrogens with two attached hydrogens (primary N) is 1. The minimum Gasteiger partial charge on any atom is -0.383 e. The van der Waals surface area contributed by atoms with Crippen LogP contribution >= 0.6 is 0 Å². The molecule has 4 N–H and O–H groups in total. The number of rotatable bonds is 0. The zero-order chi connectivity index (χ0) is 19.0. The van der Waals surface area contributed by atoms with E-state index in [0.29, 0.717) is 23.8 Å². The van der Waals surface area contributed by atoms with Gasteiger partial charge in [-0.3, -0.25) is 10.4 Å². The number of nitrogens with one attached hydrogen (secondary N) is 2. The molecule has 0 unspecified atom stereocenters. The number of nitrogen functional groups attached to an aromatic ring is 1. The van der Waals surface area contributed by atoms with E-state index in [1.165, 1.54) is 6.20 Å². The van der Waals surface area contributed by atoms with E-state index in [4.69, 9.17) is 11.1 Å². The van der Waals surface area contributed by atoms with E-state index in [1.807, 2.05) is 11.0 Å². The number of fused-ring (bicyclic) bond motifs is 5. The Morgan fingerprint density at radius 3 is 2.96 bits per heavy atom. The Morgan fingerprint density at radius 1 is 1.26 bits per heavy atom. The summed E-state index contributed by atoms with van der Waals surface area (Å²) in [6.07, 6.45) is 6.57. The van der Waals surface area contributed by atoms with E-state index in [1.54, 1.807) is 12.3 Å². The SMILES string of the molecule is C[C@@H]1CCc2ncc(F)cc2[C@H]2CCCN2C(=N)c2cc(cnc2N)CN1. The number of aromatic nitrogens is 2. The van der Waals surface area contributed by atoms with Crippen LogP contribution in [0.5, 0.6) is 0 Å². The third-order valence-electron chi connectivity index (χ3n) is 5.57. The highest BCUT2D eigenvalue weighted by Crippen LogP contribution is 2.36.